The summed E-state index contributed by atoms with van der Waals surface area (Å²) in [6.45, 7) is 0. The van der Waals surface area contributed by atoms with Crippen molar-refractivity contribution in [1.82, 2.24) is 0 Å². The van der Waals surface area contributed by atoms with E-state index < -0.39 is 11.7 Å². The number of hydrogen-bond acceptors (Lipinski definition) is 2. The van der Waals surface area contributed by atoms with Gasteiger partial charge in [0, 0.05) is 10.6 Å². The Hall–Kier alpha value is -2.78. The van der Waals surface area contributed by atoms with Crippen LogP contribution in [0.1, 0.15) is 17.5 Å². The number of allylic oxidation sites excluding steroid dienone is 1. The summed E-state index contributed by atoms with van der Waals surface area (Å²) in [6.07, 6.45) is 1.01. The first-order chi connectivity index (χ1) is 12.1. The van der Waals surface area contributed by atoms with Crippen molar-refractivity contribution in [2.75, 3.05) is 0 Å². The molecule has 0 saturated heterocycles. The van der Waals surface area contributed by atoms with Gasteiger partial charge in [0.15, 0.2) is 0 Å². The first-order valence-electron chi connectivity index (χ1n) is 7.94. The van der Waals surface area contributed by atoms with E-state index in [1.807, 2.05) is 54.6 Å². The maximum atomic E-state index is 11.4. The highest BCUT2D eigenvalue weighted by Crippen LogP contribution is 2.30. The number of rotatable bonds is 5. The first-order valence-corrected chi connectivity index (χ1v) is 8.32. The van der Waals surface area contributed by atoms with Gasteiger partial charge in [0.05, 0.1) is 0 Å². The summed E-state index contributed by atoms with van der Waals surface area (Å²) in [5.41, 5.74) is 2.20. The fourth-order valence-electron chi connectivity index (χ4n) is 2.92. The SMILES string of the molecule is O=C(O)/C(O)=C(\CCc1ccc(Cl)cc1)c1cccc2ccccc12. The fourth-order valence-corrected chi connectivity index (χ4v) is 3.04. The summed E-state index contributed by atoms with van der Waals surface area (Å²) in [4.78, 5) is 11.4. The summed E-state index contributed by atoms with van der Waals surface area (Å²) >= 11 is 5.90. The van der Waals surface area contributed by atoms with Gasteiger partial charge in [0.25, 0.3) is 0 Å². The summed E-state index contributed by atoms with van der Waals surface area (Å²) in [5.74, 6) is -1.93. The molecule has 0 atom stereocenters. The Morgan fingerprint density at radius 3 is 2.28 bits per heavy atom. The van der Waals surface area contributed by atoms with E-state index in [2.05, 4.69) is 0 Å². The van der Waals surface area contributed by atoms with E-state index in [0.717, 1.165) is 21.9 Å². The van der Waals surface area contributed by atoms with Gasteiger partial charge >= 0.3 is 5.97 Å². The van der Waals surface area contributed by atoms with Crippen molar-refractivity contribution in [3.8, 4) is 0 Å². The molecule has 0 bridgehead atoms. The average molecular weight is 353 g/mol. The summed E-state index contributed by atoms with van der Waals surface area (Å²) in [6, 6.07) is 20.8. The minimum Gasteiger partial charge on any atom is -0.502 e. The molecule has 0 unspecified atom stereocenters. The van der Waals surface area contributed by atoms with Gasteiger partial charge in [-0.3, -0.25) is 0 Å². The van der Waals surface area contributed by atoms with Crippen molar-refractivity contribution in [2.24, 2.45) is 0 Å². The third-order valence-corrected chi connectivity index (χ3v) is 4.43. The number of fused-ring (bicyclic) bond motifs is 1. The molecule has 0 saturated carbocycles. The summed E-state index contributed by atoms with van der Waals surface area (Å²) < 4.78 is 0. The van der Waals surface area contributed by atoms with Gasteiger partial charge in [-0.05, 0) is 46.9 Å². The van der Waals surface area contributed by atoms with Gasteiger partial charge in [-0.25, -0.2) is 4.79 Å². The Balaban J connectivity index is 2.02. The number of carboxylic acids is 1. The molecule has 4 heteroatoms. The van der Waals surface area contributed by atoms with Crippen LogP contribution in [0, 0.1) is 0 Å². The first kappa shape index (κ1) is 17.1. The van der Waals surface area contributed by atoms with Crippen LogP contribution in [-0.2, 0) is 11.2 Å². The number of aliphatic hydroxyl groups is 1. The van der Waals surface area contributed by atoms with E-state index in [1.165, 1.54) is 0 Å². The van der Waals surface area contributed by atoms with Crippen LogP contribution in [0.4, 0.5) is 0 Å². The standard InChI is InChI=1S/C21H17ClO3/c22-16-11-8-14(9-12-16)10-13-19(20(23)21(24)25)18-7-3-5-15-4-1-2-6-17(15)18/h1-9,11-12,23H,10,13H2,(H,24,25)/b20-19-. The highest BCUT2D eigenvalue weighted by atomic mass is 35.5. The minimum absolute atomic E-state index is 0.410. The Morgan fingerprint density at radius 1 is 0.880 bits per heavy atom. The molecule has 0 amide bonds. The summed E-state index contributed by atoms with van der Waals surface area (Å²) in [7, 11) is 0. The molecule has 3 rings (SSSR count). The van der Waals surface area contributed by atoms with E-state index >= 15 is 0 Å². The molecular weight excluding hydrogens is 336 g/mol. The second-order valence-corrected chi connectivity index (χ2v) is 6.22. The smallest absolute Gasteiger partial charge is 0.371 e. The average Bonchev–Trinajstić information content (AvgIpc) is 2.63. The maximum Gasteiger partial charge on any atom is 0.371 e. The number of aliphatic carboxylic acids is 1. The summed E-state index contributed by atoms with van der Waals surface area (Å²) in [5, 5.41) is 22.1. The van der Waals surface area contributed by atoms with Crippen LogP contribution in [0.15, 0.2) is 72.5 Å². The lowest BCUT2D eigenvalue weighted by molar-refractivity contribution is -0.135. The maximum absolute atomic E-state index is 11.4. The topological polar surface area (TPSA) is 57.5 Å². The Labute approximate surface area is 150 Å². The van der Waals surface area contributed by atoms with Gasteiger partial charge in [0.2, 0.25) is 5.76 Å². The Bertz CT molecular complexity index is 938. The van der Waals surface area contributed by atoms with Gasteiger partial charge in [0.1, 0.15) is 0 Å². The van der Waals surface area contributed by atoms with E-state index in [0.29, 0.717) is 23.4 Å². The minimum atomic E-state index is -1.32. The molecule has 0 radical (unpaired) electrons. The number of carbonyl (C=O) groups is 1. The lowest BCUT2D eigenvalue weighted by Gasteiger charge is -2.12. The predicted molar refractivity (Wildman–Crippen MR) is 101 cm³/mol. The van der Waals surface area contributed by atoms with Crippen LogP contribution in [0.5, 0.6) is 0 Å². The Kier molecular flexibility index (Phi) is 5.05. The number of halogens is 1. The van der Waals surface area contributed by atoms with Gasteiger partial charge < -0.3 is 10.2 Å². The number of hydrogen-bond donors (Lipinski definition) is 2. The molecule has 0 spiro atoms. The van der Waals surface area contributed by atoms with Crippen LogP contribution < -0.4 is 0 Å². The second kappa shape index (κ2) is 7.41. The quantitative estimate of drug-likeness (QED) is 0.472. The number of carboxylic acid groups (broad SMARTS) is 1. The zero-order valence-electron chi connectivity index (χ0n) is 13.4. The van der Waals surface area contributed by atoms with Gasteiger partial charge in [-0.2, -0.15) is 0 Å². The van der Waals surface area contributed by atoms with Crippen molar-refractivity contribution in [1.29, 1.82) is 0 Å². The van der Waals surface area contributed by atoms with Gasteiger partial charge in [-0.15, -0.1) is 0 Å². The predicted octanol–water partition coefficient (Wildman–Crippen LogP) is 5.48. The monoisotopic (exact) mass is 352 g/mol. The number of benzene rings is 3. The second-order valence-electron chi connectivity index (χ2n) is 5.79. The molecule has 0 aromatic heterocycles. The highest BCUT2D eigenvalue weighted by molar-refractivity contribution is 6.30. The van der Waals surface area contributed by atoms with Gasteiger partial charge in [-0.1, -0.05) is 66.2 Å². The van der Waals surface area contributed by atoms with Crippen molar-refractivity contribution in [2.45, 2.75) is 12.8 Å². The van der Waals surface area contributed by atoms with Crippen molar-refractivity contribution < 1.29 is 15.0 Å². The van der Waals surface area contributed by atoms with E-state index in [4.69, 9.17) is 11.6 Å². The number of aliphatic hydroxyl groups excluding tert-OH is 1. The molecule has 0 heterocycles. The molecule has 25 heavy (non-hydrogen) atoms. The third-order valence-electron chi connectivity index (χ3n) is 4.18. The zero-order chi connectivity index (χ0) is 17.8. The molecule has 126 valence electrons. The molecule has 3 aromatic carbocycles. The molecule has 0 aliphatic rings. The van der Waals surface area contributed by atoms with Crippen molar-refractivity contribution in [3.63, 3.8) is 0 Å². The molecule has 3 nitrogen and oxygen atoms in total. The van der Waals surface area contributed by atoms with Crippen LogP contribution in [0.3, 0.4) is 0 Å². The lowest BCUT2D eigenvalue weighted by atomic mass is 9.93. The van der Waals surface area contributed by atoms with Crippen LogP contribution in [-0.4, -0.2) is 16.2 Å². The van der Waals surface area contributed by atoms with Crippen LogP contribution in [0.2, 0.25) is 5.02 Å². The molecule has 0 fully saturated rings. The third kappa shape index (κ3) is 3.83. The van der Waals surface area contributed by atoms with E-state index in [9.17, 15) is 15.0 Å². The van der Waals surface area contributed by atoms with Crippen LogP contribution in [0.25, 0.3) is 16.3 Å². The van der Waals surface area contributed by atoms with E-state index in [-0.39, 0.29) is 0 Å². The van der Waals surface area contributed by atoms with Crippen LogP contribution >= 0.6 is 11.6 Å². The Morgan fingerprint density at radius 2 is 1.56 bits per heavy atom. The zero-order valence-corrected chi connectivity index (χ0v) is 14.2. The van der Waals surface area contributed by atoms with Crippen molar-refractivity contribution in [3.05, 3.63) is 88.6 Å². The number of aryl methyl sites for hydroxylation is 1. The largest absolute Gasteiger partial charge is 0.502 e. The van der Waals surface area contributed by atoms with Crippen molar-refractivity contribution >= 4 is 33.9 Å². The molecule has 2 N–H and O–H groups in total. The normalized spacial score (nSPS) is 12.0. The lowest BCUT2D eigenvalue weighted by Crippen LogP contribution is -2.05. The molecule has 3 aromatic rings. The molecule has 0 aliphatic carbocycles. The van der Waals surface area contributed by atoms with E-state index in [1.54, 1.807) is 12.1 Å². The molecular formula is C21H17ClO3. The highest BCUT2D eigenvalue weighted by Gasteiger charge is 2.17. The molecule has 0 aliphatic heterocycles. The fraction of sp³-hybridized carbons (Fsp3) is 0.0952.